The van der Waals surface area contributed by atoms with Crippen molar-refractivity contribution in [2.75, 3.05) is 7.11 Å². The molecule has 0 saturated heterocycles. The summed E-state index contributed by atoms with van der Waals surface area (Å²) in [7, 11) is 1.59. The first-order valence-electron chi connectivity index (χ1n) is 9.40. The summed E-state index contributed by atoms with van der Waals surface area (Å²) < 4.78 is 47.1. The highest BCUT2D eigenvalue weighted by molar-refractivity contribution is 7.98. The Morgan fingerprint density at radius 3 is 2.23 bits per heavy atom. The molecule has 0 atom stereocenters. The molecule has 0 saturated carbocycles. The van der Waals surface area contributed by atoms with Crippen molar-refractivity contribution in [3.63, 3.8) is 0 Å². The summed E-state index contributed by atoms with van der Waals surface area (Å²) in [6, 6.07) is 22.5. The van der Waals surface area contributed by atoms with E-state index in [1.54, 1.807) is 13.2 Å². The number of para-hydroxylation sites is 1. The van der Waals surface area contributed by atoms with Gasteiger partial charge in [-0.3, -0.25) is 4.57 Å². The number of nitrogens with zero attached hydrogens (tertiary/aromatic N) is 3. The van der Waals surface area contributed by atoms with Crippen LogP contribution in [0.25, 0.3) is 17.1 Å². The summed E-state index contributed by atoms with van der Waals surface area (Å²) in [4.78, 5) is 0. The molecule has 4 nitrogen and oxygen atoms in total. The molecule has 0 spiro atoms. The molecular formula is C23H18F3N3OS. The SMILES string of the molecule is COc1ccc(-c2nnc(SCc3ccccc3C(F)(F)F)n2-c2ccccc2)cc1. The van der Waals surface area contributed by atoms with Crippen LogP contribution in [-0.2, 0) is 11.9 Å². The van der Waals surface area contributed by atoms with Crippen molar-refractivity contribution in [3.8, 4) is 22.8 Å². The van der Waals surface area contributed by atoms with Gasteiger partial charge in [0.05, 0.1) is 12.7 Å². The average molecular weight is 441 g/mol. The van der Waals surface area contributed by atoms with Gasteiger partial charge in [-0.05, 0) is 48.0 Å². The van der Waals surface area contributed by atoms with Crippen molar-refractivity contribution in [2.45, 2.75) is 17.1 Å². The second kappa shape index (κ2) is 8.85. The third kappa shape index (κ3) is 4.59. The Morgan fingerprint density at radius 1 is 0.871 bits per heavy atom. The Hall–Kier alpha value is -3.26. The molecule has 1 aromatic heterocycles. The Kier molecular flexibility index (Phi) is 5.99. The lowest BCUT2D eigenvalue weighted by molar-refractivity contribution is -0.138. The maximum absolute atomic E-state index is 13.4. The van der Waals surface area contributed by atoms with E-state index in [-0.39, 0.29) is 11.3 Å². The van der Waals surface area contributed by atoms with E-state index in [0.717, 1.165) is 17.3 Å². The Bertz CT molecular complexity index is 1160. The second-order valence-electron chi connectivity index (χ2n) is 6.65. The van der Waals surface area contributed by atoms with Crippen molar-refractivity contribution in [2.24, 2.45) is 0 Å². The third-order valence-corrected chi connectivity index (χ3v) is 5.65. The number of methoxy groups -OCH3 is 1. The molecule has 4 aromatic rings. The molecule has 0 aliphatic rings. The molecule has 4 rings (SSSR count). The first-order chi connectivity index (χ1) is 15.0. The van der Waals surface area contributed by atoms with Crippen LogP contribution in [0.5, 0.6) is 5.75 Å². The molecule has 3 aromatic carbocycles. The van der Waals surface area contributed by atoms with Crippen molar-refractivity contribution < 1.29 is 17.9 Å². The summed E-state index contributed by atoms with van der Waals surface area (Å²) >= 11 is 1.21. The quantitative estimate of drug-likeness (QED) is 0.332. The molecule has 0 unspecified atom stereocenters. The number of rotatable bonds is 6. The Labute approximate surface area is 181 Å². The predicted molar refractivity (Wildman–Crippen MR) is 114 cm³/mol. The number of alkyl halides is 3. The summed E-state index contributed by atoms with van der Waals surface area (Å²) in [6.07, 6.45) is -4.40. The van der Waals surface area contributed by atoms with Crippen LogP contribution < -0.4 is 4.74 Å². The van der Waals surface area contributed by atoms with E-state index in [1.165, 1.54) is 23.9 Å². The number of benzene rings is 3. The van der Waals surface area contributed by atoms with E-state index in [4.69, 9.17) is 4.74 Å². The second-order valence-corrected chi connectivity index (χ2v) is 7.59. The molecule has 31 heavy (non-hydrogen) atoms. The standard InChI is InChI=1S/C23H18F3N3OS/c1-30-19-13-11-16(12-14-19)21-27-28-22(29(21)18-8-3-2-4-9-18)31-15-17-7-5-6-10-20(17)23(24,25)26/h2-14H,15H2,1H3. The summed E-state index contributed by atoms with van der Waals surface area (Å²) in [6.45, 7) is 0. The van der Waals surface area contributed by atoms with Gasteiger partial charge < -0.3 is 4.74 Å². The molecule has 0 amide bonds. The van der Waals surface area contributed by atoms with Gasteiger partial charge in [-0.25, -0.2) is 0 Å². The number of hydrogen-bond donors (Lipinski definition) is 0. The van der Waals surface area contributed by atoms with E-state index >= 15 is 0 Å². The van der Waals surface area contributed by atoms with Gasteiger partial charge in [-0.15, -0.1) is 10.2 Å². The molecule has 0 aliphatic carbocycles. The summed E-state index contributed by atoms with van der Waals surface area (Å²) in [5, 5.41) is 9.12. The first-order valence-corrected chi connectivity index (χ1v) is 10.4. The van der Waals surface area contributed by atoms with Gasteiger partial charge >= 0.3 is 6.18 Å². The van der Waals surface area contributed by atoms with Crippen LogP contribution >= 0.6 is 11.8 Å². The number of halogens is 3. The van der Waals surface area contributed by atoms with Gasteiger partial charge in [0.1, 0.15) is 5.75 Å². The fourth-order valence-corrected chi connectivity index (χ4v) is 4.12. The fourth-order valence-electron chi connectivity index (χ4n) is 3.17. The number of ether oxygens (including phenoxy) is 1. The van der Waals surface area contributed by atoms with Crippen LogP contribution in [0.3, 0.4) is 0 Å². The molecule has 8 heteroatoms. The highest BCUT2D eigenvalue weighted by Crippen LogP contribution is 2.36. The molecule has 158 valence electrons. The average Bonchev–Trinajstić information content (AvgIpc) is 3.22. The van der Waals surface area contributed by atoms with Crippen molar-refractivity contribution >= 4 is 11.8 Å². The zero-order chi connectivity index (χ0) is 21.8. The van der Waals surface area contributed by atoms with E-state index in [1.807, 2.05) is 59.2 Å². The van der Waals surface area contributed by atoms with E-state index in [2.05, 4.69) is 10.2 Å². The van der Waals surface area contributed by atoms with Crippen molar-refractivity contribution in [3.05, 3.63) is 90.0 Å². The lowest BCUT2D eigenvalue weighted by Gasteiger charge is -2.13. The van der Waals surface area contributed by atoms with Crippen LogP contribution in [0, 0.1) is 0 Å². The minimum absolute atomic E-state index is 0.114. The topological polar surface area (TPSA) is 39.9 Å². The lowest BCUT2D eigenvalue weighted by Crippen LogP contribution is -2.08. The van der Waals surface area contributed by atoms with Gasteiger partial charge in [-0.2, -0.15) is 13.2 Å². The van der Waals surface area contributed by atoms with Gasteiger partial charge in [0.15, 0.2) is 11.0 Å². The maximum Gasteiger partial charge on any atom is 0.416 e. The van der Waals surface area contributed by atoms with Crippen LogP contribution in [0.4, 0.5) is 13.2 Å². The van der Waals surface area contributed by atoms with E-state index < -0.39 is 11.7 Å². The molecule has 0 fully saturated rings. The minimum atomic E-state index is -4.40. The number of aromatic nitrogens is 3. The largest absolute Gasteiger partial charge is 0.497 e. The molecule has 1 heterocycles. The Balaban J connectivity index is 1.71. The lowest BCUT2D eigenvalue weighted by atomic mass is 10.1. The maximum atomic E-state index is 13.4. The van der Waals surface area contributed by atoms with Gasteiger partial charge in [0, 0.05) is 17.0 Å². The summed E-state index contributed by atoms with van der Waals surface area (Å²) in [5.74, 6) is 1.43. The van der Waals surface area contributed by atoms with Crippen molar-refractivity contribution in [1.82, 2.24) is 14.8 Å². The number of hydrogen-bond acceptors (Lipinski definition) is 4. The highest BCUT2D eigenvalue weighted by Gasteiger charge is 2.33. The molecule has 0 radical (unpaired) electrons. The van der Waals surface area contributed by atoms with Gasteiger partial charge in [-0.1, -0.05) is 48.2 Å². The predicted octanol–water partition coefficient (Wildman–Crippen LogP) is 6.25. The molecule has 0 N–H and O–H groups in total. The van der Waals surface area contributed by atoms with E-state index in [9.17, 15) is 13.2 Å². The Morgan fingerprint density at radius 2 is 1.55 bits per heavy atom. The molecule has 0 bridgehead atoms. The zero-order valence-electron chi connectivity index (χ0n) is 16.5. The smallest absolute Gasteiger partial charge is 0.416 e. The van der Waals surface area contributed by atoms with Crippen LogP contribution in [0.15, 0.2) is 84.0 Å². The van der Waals surface area contributed by atoms with Gasteiger partial charge in [0.2, 0.25) is 0 Å². The van der Waals surface area contributed by atoms with Crippen LogP contribution in [0.2, 0.25) is 0 Å². The zero-order valence-corrected chi connectivity index (χ0v) is 17.3. The van der Waals surface area contributed by atoms with Gasteiger partial charge in [0.25, 0.3) is 0 Å². The number of thioether (sulfide) groups is 1. The molecule has 0 aliphatic heterocycles. The highest BCUT2D eigenvalue weighted by atomic mass is 32.2. The third-order valence-electron chi connectivity index (χ3n) is 4.68. The van der Waals surface area contributed by atoms with Crippen LogP contribution in [-0.4, -0.2) is 21.9 Å². The fraction of sp³-hybridized carbons (Fsp3) is 0.130. The van der Waals surface area contributed by atoms with Crippen molar-refractivity contribution in [1.29, 1.82) is 0 Å². The van der Waals surface area contributed by atoms with Crippen LogP contribution in [0.1, 0.15) is 11.1 Å². The normalized spacial score (nSPS) is 11.5. The first kappa shape index (κ1) is 21.0. The van der Waals surface area contributed by atoms with E-state index in [0.29, 0.717) is 16.7 Å². The minimum Gasteiger partial charge on any atom is -0.497 e. The monoisotopic (exact) mass is 441 g/mol. The summed E-state index contributed by atoms with van der Waals surface area (Å²) in [5.41, 5.74) is 1.21. The molecular weight excluding hydrogens is 423 g/mol.